The molecule has 0 aliphatic heterocycles. The summed E-state index contributed by atoms with van der Waals surface area (Å²) in [5.41, 5.74) is 2.46. The molecule has 0 radical (unpaired) electrons. The minimum atomic E-state index is 0.491. The summed E-state index contributed by atoms with van der Waals surface area (Å²) in [6.07, 6.45) is 1.53. The topological polar surface area (TPSA) is 23.8 Å². The van der Waals surface area contributed by atoms with E-state index in [9.17, 15) is 0 Å². The number of nitrogens with zero attached hydrogens (tertiary/aromatic N) is 1. The largest absolute Gasteiger partial charge is 0.198 e. The van der Waals surface area contributed by atoms with Crippen molar-refractivity contribution in [1.29, 1.82) is 5.26 Å². The Balaban J connectivity index is 2.66. The van der Waals surface area contributed by atoms with Crippen molar-refractivity contribution in [2.75, 3.05) is 0 Å². The number of hydrogen-bond acceptors (Lipinski definition) is 1. The van der Waals surface area contributed by atoms with Gasteiger partial charge in [0.15, 0.2) is 0 Å². The Morgan fingerprint density at radius 3 is 2.80 bits per heavy atom. The third kappa shape index (κ3) is 1.85. The molecule has 0 heterocycles. The molecular weight excluding hydrogens is 182 g/mol. The van der Waals surface area contributed by atoms with Crippen LogP contribution in [0.4, 0.5) is 0 Å². The van der Waals surface area contributed by atoms with Gasteiger partial charge in [-0.2, -0.15) is 5.26 Å². The van der Waals surface area contributed by atoms with Crippen LogP contribution >= 0.6 is 0 Å². The van der Waals surface area contributed by atoms with E-state index in [1.54, 1.807) is 0 Å². The second-order valence-electron chi connectivity index (χ2n) is 3.66. The van der Waals surface area contributed by atoms with Gasteiger partial charge in [0.1, 0.15) is 0 Å². The van der Waals surface area contributed by atoms with E-state index in [0.29, 0.717) is 6.42 Å². The van der Waals surface area contributed by atoms with E-state index in [-0.39, 0.29) is 0 Å². The van der Waals surface area contributed by atoms with Gasteiger partial charge in [-0.25, -0.2) is 0 Å². The molecule has 2 aromatic carbocycles. The highest BCUT2D eigenvalue weighted by atomic mass is 14.2. The predicted octanol–water partition coefficient (Wildman–Crippen LogP) is 3.47. The first-order valence-corrected chi connectivity index (χ1v) is 5.22. The molecule has 0 unspecified atom stereocenters. The summed E-state index contributed by atoms with van der Waals surface area (Å²) in [7, 11) is 0. The van der Waals surface area contributed by atoms with Crippen LogP contribution in [0.15, 0.2) is 36.4 Å². The van der Waals surface area contributed by atoms with Crippen LogP contribution in [0.25, 0.3) is 10.8 Å². The number of benzene rings is 2. The molecule has 0 bridgehead atoms. The number of hydrogen-bond donors (Lipinski definition) is 0. The molecule has 1 nitrogen and oxygen atoms in total. The van der Waals surface area contributed by atoms with Crippen LogP contribution < -0.4 is 0 Å². The second kappa shape index (κ2) is 4.14. The van der Waals surface area contributed by atoms with Gasteiger partial charge < -0.3 is 0 Å². The standard InChI is InChI=1S/C14H13N/c1-2-11-6-7-12-4-3-5-13(8-9-15)14(12)10-11/h3-7,10H,2,8H2,1H3. The Morgan fingerprint density at radius 1 is 1.20 bits per heavy atom. The fraction of sp³-hybridized carbons (Fsp3) is 0.214. The average Bonchev–Trinajstić information content (AvgIpc) is 2.29. The van der Waals surface area contributed by atoms with Gasteiger partial charge in [-0.3, -0.25) is 0 Å². The highest BCUT2D eigenvalue weighted by Crippen LogP contribution is 2.21. The normalized spacial score (nSPS) is 10.1. The van der Waals surface area contributed by atoms with Gasteiger partial charge in [0.2, 0.25) is 0 Å². The maximum atomic E-state index is 8.76. The fourth-order valence-corrected chi connectivity index (χ4v) is 1.84. The molecule has 1 heteroatoms. The van der Waals surface area contributed by atoms with E-state index in [2.05, 4.69) is 37.3 Å². The lowest BCUT2D eigenvalue weighted by Gasteiger charge is -2.05. The molecule has 0 fully saturated rings. The van der Waals surface area contributed by atoms with Crippen molar-refractivity contribution in [1.82, 2.24) is 0 Å². The maximum absolute atomic E-state index is 8.76. The maximum Gasteiger partial charge on any atom is 0.0669 e. The summed E-state index contributed by atoms with van der Waals surface area (Å²) in [5, 5.41) is 11.2. The van der Waals surface area contributed by atoms with Crippen LogP contribution in [0.5, 0.6) is 0 Å². The van der Waals surface area contributed by atoms with Crippen LogP contribution in [-0.4, -0.2) is 0 Å². The van der Waals surface area contributed by atoms with Gasteiger partial charge in [-0.1, -0.05) is 43.3 Å². The van der Waals surface area contributed by atoms with E-state index < -0.39 is 0 Å². The molecule has 0 aliphatic rings. The van der Waals surface area contributed by atoms with Crippen LogP contribution in [0.2, 0.25) is 0 Å². The molecule has 74 valence electrons. The highest BCUT2D eigenvalue weighted by molar-refractivity contribution is 5.86. The number of fused-ring (bicyclic) bond motifs is 1. The summed E-state index contributed by atoms with van der Waals surface area (Å²) in [6, 6.07) is 14.8. The van der Waals surface area contributed by atoms with Crippen LogP contribution in [0.1, 0.15) is 18.1 Å². The second-order valence-corrected chi connectivity index (χ2v) is 3.66. The summed E-state index contributed by atoms with van der Waals surface area (Å²) in [4.78, 5) is 0. The summed E-state index contributed by atoms with van der Waals surface area (Å²) < 4.78 is 0. The minimum absolute atomic E-state index is 0.491. The van der Waals surface area contributed by atoms with Crippen molar-refractivity contribution >= 4 is 10.8 Å². The average molecular weight is 195 g/mol. The first-order valence-electron chi connectivity index (χ1n) is 5.22. The van der Waals surface area contributed by atoms with Gasteiger partial charge >= 0.3 is 0 Å². The van der Waals surface area contributed by atoms with Crippen molar-refractivity contribution in [2.24, 2.45) is 0 Å². The van der Waals surface area contributed by atoms with Gasteiger partial charge in [0.05, 0.1) is 12.5 Å². The highest BCUT2D eigenvalue weighted by Gasteiger charge is 2.00. The smallest absolute Gasteiger partial charge is 0.0669 e. The monoisotopic (exact) mass is 195 g/mol. The fourth-order valence-electron chi connectivity index (χ4n) is 1.84. The Labute approximate surface area is 90.0 Å². The van der Waals surface area contributed by atoms with E-state index in [0.717, 1.165) is 12.0 Å². The summed E-state index contributed by atoms with van der Waals surface area (Å²) in [5.74, 6) is 0. The third-order valence-corrected chi connectivity index (χ3v) is 2.71. The zero-order valence-corrected chi connectivity index (χ0v) is 8.83. The first kappa shape index (κ1) is 9.73. The van der Waals surface area contributed by atoms with Crippen LogP contribution in [0.3, 0.4) is 0 Å². The van der Waals surface area contributed by atoms with Crippen LogP contribution in [0, 0.1) is 11.3 Å². The molecule has 2 rings (SSSR count). The molecule has 0 atom stereocenters. The molecule has 15 heavy (non-hydrogen) atoms. The summed E-state index contributed by atoms with van der Waals surface area (Å²) in [6.45, 7) is 2.15. The van der Waals surface area contributed by atoms with Crippen molar-refractivity contribution in [3.05, 3.63) is 47.5 Å². The molecular formula is C14H13N. The lowest BCUT2D eigenvalue weighted by molar-refractivity contribution is 1.14. The van der Waals surface area contributed by atoms with Gasteiger partial charge in [-0.05, 0) is 28.3 Å². The van der Waals surface area contributed by atoms with Crippen molar-refractivity contribution in [2.45, 2.75) is 19.8 Å². The van der Waals surface area contributed by atoms with Crippen molar-refractivity contribution in [3.8, 4) is 6.07 Å². The SMILES string of the molecule is CCc1ccc2cccc(CC#N)c2c1. The Kier molecular flexibility index (Phi) is 2.69. The molecule has 0 aliphatic carbocycles. The zero-order valence-electron chi connectivity index (χ0n) is 8.83. The number of rotatable bonds is 2. The van der Waals surface area contributed by atoms with E-state index in [4.69, 9.17) is 5.26 Å². The number of nitriles is 1. The van der Waals surface area contributed by atoms with Crippen molar-refractivity contribution in [3.63, 3.8) is 0 Å². The summed E-state index contributed by atoms with van der Waals surface area (Å²) >= 11 is 0. The Morgan fingerprint density at radius 2 is 2.07 bits per heavy atom. The Bertz CT molecular complexity index is 520. The Hall–Kier alpha value is -1.81. The third-order valence-electron chi connectivity index (χ3n) is 2.71. The lowest BCUT2D eigenvalue weighted by Crippen LogP contribution is -1.87. The lowest BCUT2D eigenvalue weighted by atomic mass is 9.99. The minimum Gasteiger partial charge on any atom is -0.198 e. The van der Waals surface area contributed by atoms with Gasteiger partial charge in [-0.15, -0.1) is 0 Å². The molecule has 0 N–H and O–H groups in total. The zero-order chi connectivity index (χ0) is 10.7. The molecule has 0 saturated heterocycles. The molecule has 2 aromatic rings. The van der Waals surface area contributed by atoms with E-state index in [1.165, 1.54) is 16.3 Å². The van der Waals surface area contributed by atoms with E-state index >= 15 is 0 Å². The number of aryl methyl sites for hydroxylation is 1. The first-order chi connectivity index (χ1) is 7.35. The molecule has 0 spiro atoms. The molecule has 0 saturated carbocycles. The molecule has 0 amide bonds. The van der Waals surface area contributed by atoms with Crippen molar-refractivity contribution < 1.29 is 0 Å². The van der Waals surface area contributed by atoms with E-state index in [1.807, 2.05) is 12.1 Å². The van der Waals surface area contributed by atoms with Crippen LogP contribution in [-0.2, 0) is 12.8 Å². The quantitative estimate of drug-likeness (QED) is 0.719. The van der Waals surface area contributed by atoms with Gasteiger partial charge in [0, 0.05) is 0 Å². The predicted molar refractivity (Wildman–Crippen MR) is 62.6 cm³/mol. The van der Waals surface area contributed by atoms with Gasteiger partial charge in [0.25, 0.3) is 0 Å². The molecule has 0 aromatic heterocycles.